The summed E-state index contributed by atoms with van der Waals surface area (Å²) in [4.78, 5) is 93.2. The second kappa shape index (κ2) is 17.4. The molecular formula is C55H67N11O5. The Morgan fingerprint density at radius 2 is 1.56 bits per heavy atom. The Bertz CT molecular complexity index is 2780. The number of carbonyl (C=O) groups excluding carboxylic acids is 5. The molecule has 3 aliphatic carbocycles. The highest BCUT2D eigenvalue weighted by Gasteiger charge is 2.62. The van der Waals surface area contributed by atoms with E-state index in [2.05, 4.69) is 73.0 Å². The average Bonchev–Trinajstić information content (AvgIpc) is 4.19. The number of rotatable bonds is 10. The fraction of sp³-hybridized carbons (Fsp3) is 0.600. The number of aromatic nitrogens is 4. The summed E-state index contributed by atoms with van der Waals surface area (Å²) in [5.41, 5.74) is 6.07. The van der Waals surface area contributed by atoms with Crippen LogP contribution in [0.4, 0.5) is 17.3 Å². The van der Waals surface area contributed by atoms with Crippen molar-refractivity contribution in [3.05, 3.63) is 60.0 Å². The van der Waals surface area contributed by atoms with Crippen molar-refractivity contribution in [2.24, 2.45) is 23.7 Å². The minimum absolute atomic E-state index is 0.0479. The van der Waals surface area contributed by atoms with Gasteiger partial charge in [0.05, 0.1) is 28.9 Å². The number of benzene rings is 1. The molecule has 372 valence electrons. The average molecular weight is 962 g/mol. The highest BCUT2D eigenvalue weighted by Crippen LogP contribution is 2.55. The van der Waals surface area contributed by atoms with Gasteiger partial charge in [-0.15, -0.1) is 0 Å². The van der Waals surface area contributed by atoms with Crippen LogP contribution in [0.15, 0.2) is 48.9 Å². The fourth-order valence-electron chi connectivity index (χ4n) is 13.9. The first-order chi connectivity index (χ1) is 34.5. The highest BCUT2D eigenvalue weighted by molar-refractivity contribution is 6.09. The number of imidazole rings is 1. The quantitative estimate of drug-likeness (QED) is 0.179. The maximum absolute atomic E-state index is 15.2. The van der Waals surface area contributed by atoms with Gasteiger partial charge in [0.25, 0.3) is 0 Å². The molecule has 6 aliphatic heterocycles. The van der Waals surface area contributed by atoms with Crippen molar-refractivity contribution in [2.75, 3.05) is 67.5 Å². The van der Waals surface area contributed by atoms with E-state index in [0.29, 0.717) is 63.9 Å². The van der Waals surface area contributed by atoms with Crippen LogP contribution >= 0.6 is 0 Å². The van der Waals surface area contributed by atoms with Crippen molar-refractivity contribution in [1.29, 1.82) is 0 Å². The van der Waals surface area contributed by atoms with Crippen LogP contribution in [0.5, 0.6) is 0 Å². The Morgan fingerprint density at radius 3 is 2.25 bits per heavy atom. The SMILES string of the molecule is CC(C)n1cnc2cc(-c3ccc4c(c3)N([C@H]3C[C@@H](N5CCCCC5)C3)C(=O)C43CCN(C(=O)C4C5CN(C(=O)C6CCN(c7ccc(C8CCC(=O)NC8=O)cn7)CC6)CC54)CC3)nc(NC3CC3)c21. The Hall–Kier alpha value is -5.90. The van der Waals surface area contributed by atoms with Gasteiger partial charge >= 0.3 is 0 Å². The summed E-state index contributed by atoms with van der Waals surface area (Å²) in [6, 6.07) is 13.9. The molecule has 8 fully saturated rings. The topological polar surface area (TPSA) is 169 Å². The van der Waals surface area contributed by atoms with Gasteiger partial charge in [-0.3, -0.25) is 29.3 Å². The molecule has 3 saturated carbocycles. The van der Waals surface area contributed by atoms with Gasteiger partial charge in [-0.05, 0) is 139 Å². The molecule has 4 aromatic rings. The Labute approximate surface area is 415 Å². The van der Waals surface area contributed by atoms with Crippen LogP contribution in [-0.4, -0.2) is 134 Å². The smallest absolute Gasteiger partial charge is 0.238 e. The molecule has 16 nitrogen and oxygen atoms in total. The molecule has 2 N–H and O–H groups in total. The normalized spacial score (nSPS) is 28.6. The van der Waals surface area contributed by atoms with Crippen molar-refractivity contribution < 1.29 is 24.0 Å². The zero-order valence-electron chi connectivity index (χ0n) is 41.2. The summed E-state index contributed by atoms with van der Waals surface area (Å²) >= 11 is 0. The van der Waals surface area contributed by atoms with Crippen LogP contribution in [0.2, 0.25) is 0 Å². The zero-order chi connectivity index (χ0) is 48.3. The zero-order valence-corrected chi connectivity index (χ0v) is 41.2. The van der Waals surface area contributed by atoms with E-state index >= 15 is 4.79 Å². The minimum atomic E-state index is -0.666. The molecule has 13 rings (SSSR count). The molecule has 5 saturated heterocycles. The predicted molar refractivity (Wildman–Crippen MR) is 269 cm³/mol. The lowest BCUT2D eigenvalue weighted by Crippen LogP contribution is -2.58. The standard InChI is InChI=1S/C55H67N11O5/c1-32(2)65-31-57-44-27-43(59-50(49(44)65)58-36-8-9-36)34-6-11-42-45(24-34)66(38-25-37(26-38)61-18-4-3-5-19-61)54(71)55(42)16-22-63(23-17-55)53(70)48-40-29-64(30-41(40)48)52(69)33-14-20-62(21-15-33)46-12-7-35(28-56-46)39-10-13-47(67)60-51(39)68/h6-7,11-12,24,27-28,31-33,36-41,48H,3-5,8-10,13-23,25-26,29-30H2,1-2H3,(H,58,59)(H,60,67,68)/t37-,38+,39?,40?,41?,48?. The van der Waals surface area contributed by atoms with Gasteiger partial charge in [0.2, 0.25) is 29.5 Å². The Kier molecular flexibility index (Phi) is 11.0. The van der Waals surface area contributed by atoms with Gasteiger partial charge in [-0.25, -0.2) is 15.0 Å². The number of anilines is 3. The van der Waals surface area contributed by atoms with Gasteiger partial charge in [0.15, 0.2) is 5.82 Å². The van der Waals surface area contributed by atoms with E-state index < -0.39 is 5.41 Å². The maximum atomic E-state index is 15.2. The maximum Gasteiger partial charge on any atom is 0.238 e. The number of likely N-dealkylation sites (tertiary alicyclic amines) is 3. The first-order valence-corrected chi connectivity index (χ1v) is 27.0. The molecular weight excluding hydrogens is 895 g/mol. The third-order valence-corrected chi connectivity index (χ3v) is 18.4. The summed E-state index contributed by atoms with van der Waals surface area (Å²) in [6.07, 6.45) is 15.3. The van der Waals surface area contributed by atoms with E-state index in [0.717, 1.165) is 115 Å². The van der Waals surface area contributed by atoms with Gasteiger partial charge in [-0.2, -0.15) is 0 Å². The van der Waals surface area contributed by atoms with Crippen molar-refractivity contribution in [3.8, 4) is 11.3 Å². The summed E-state index contributed by atoms with van der Waals surface area (Å²) in [6.45, 7) is 10.5. The van der Waals surface area contributed by atoms with Crippen LogP contribution in [0.3, 0.4) is 0 Å². The largest absolute Gasteiger partial charge is 0.366 e. The Balaban J connectivity index is 0.663. The molecule has 71 heavy (non-hydrogen) atoms. The minimum Gasteiger partial charge on any atom is -0.366 e. The Morgan fingerprint density at radius 1 is 0.803 bits per heavy atom. The first-order valence-electron chi connectivity index (χ1n) is 27.0. The van der Waals surface area contributed by atoms with Crippen molar-refractivity contribution >= 4 is 57.9 Å². The third kappa shape index (κ3) is 7.79. The second-order valence-electron chi connectivity index (χ2n) is 22.9. The molecule has 9 heterocycles. The molecule has 1 spiro atoms. The van der Waals surface area contributed by atoms with Gasteiger partial charge in [0, 0.05) is 99.1 Å². The number of hydrogen-bond donors (Lipinski definition) is 2. The third-order valence-electron chi connectivity index (χ3n) is 18.4. The number of hydrogen-bond acceptors (Lipinski definition) is 11. The number of nitrogens with one attached hydrogen (secondary N) is 2. The van der Waals surface area contributed by atoms with E-state index in [1.54, 1.807) is 6.20 Å². The highest BCUT2D eigenvalue weighted by atomic mass is 16.2. The van der Waals surface area contributed by atoms with E-state index in [1.807, 2.05) is 28.3 Å². The molecule has 16 heteroatoms. The van der Waals surface area contributed by atoms with Crippen LogP contribution in [0.25, 0.3) is 22.3 Å². The fourth-order valence-corrected chi connectivity index (χ4v) is 13.9. The van der Waals surface area contributed by atoms with Crippen molar-refractivity contribution in [2.45, 2.75) is 133 Å². The van der Waals surface area contributed by atoms with Crippen LogP contribution in [-0.2, 0) is 29.4 Å². The molecule has 9 aliphatic rings. The monoisotopic (exact) mass is 962 g/mol. The van der Waals surface area contributed by atoms with E-state index in [4.69, 9.17) is 9.97 Å². The molecule has 0 bridgehead atoms. The summed E-state index contributed by atoms with van der Waals surface area (Å²) in [7, 11) is 0. The first kappa shape index (κ1) is 45.0. The molecule has 5 amide bonds. The summed E-state index contributed by atoms with van der Waals surface area (Å²) in [5, 5.41) is 6.13. The number of nitrogens with zero attached hydrogens (tertiary/aromatic N) is 9. The van der Waals surface area contributed by atoms with Crippen LogP contribution < -0.4 is 20.4 Å². The lowest BCUT2D eigenvalue weighted by atomic mass is 9.73. The lowest BCUT2D eigenvalue weighted by Gasteiger charge is -2.48. The molecule has 3 aromatic heterocycles. The number of fused-ring (bicyclic) bond motifs is 4. The van der Waals surface area contributed by atoms with Gasteiger partial charge < -0.3 is 34.4 Å². The number of amides is 5. The lowest BCUT2D eigenvalue weighted by molar-refractivity contribution is -0.140. The summed E-state index contributed by atoms with van der Waals surface area (Å²) in [5.74, 6) is 1.78. The number of imide groups is 1. The van der Waals surface area contributed by atoms with Gasteiger partial charge in [-0.1, -0.05) is 24.6 Å². The number of carbonyl (C=O) groups is 5. The predicted octanol–water partition coefficient (Wildman–Crippen LogP) is 6.01. The molecule has 3 unspecified atom stereocenters. The van der Waals surface area contributed by atoms with E-state index in [-0.39, 0.29) is 71.2 Å². The van der Waals surface area contributed by atoms with Crippen LogP contribution in [0.1, 0.15) is 120 Å². The van der Waals surface area contributed by atoms with E-state index in [9.17, 15) is 19.2 Å². The summed E-state index contributed by atoms with van der Waals surface area (Å²) < 4.78 is 2.20. The van der Waals surface area contributed by atoms with Crippen molar-refractivity contribution in [1.82, 2.24) is 39.5 Å². The van der Waals surface area contributed by atoms with Crippen LogP contribution in [0, 0.1) is 23.7 Å². The van der Waals surface area contributed by atoms with Gasteiger partial charge in [0.1, 0.15) is 11.3 Å². The number of piperidine rings is 5. The second-order valence-corrected chi connectivity index (χ2v) is 22.9. The molecule has 1 aromatic carbocycles. The van der Waals surface area contributed by atoms with Crippen molar-refractivity contribution in [3.63, 3.8) is 0 Å². The number of pyridine rings is 2. The molecule has 3 atom stereocenters. The molecule has 0 radical (unpaired) electrons. The van der Waals surface area contributed by atoms with E-state index in [1.165, 1.54) is 19.3 Å².